The van der Waals surface area contributed by atoms with Crippen LogP contribution in [0.4, 0.5) is 10.1 Å². The second kappa shape index (κ2) is 5.31. The number of hydrogen-bond donors (Lipinski definition) is 1. The molecule has 1 saturated heterocycles. The predicted octanol–water partition coefficient (Wildman–Crippen LogP) is 1.17. The summed E-state index contributed by atoms with van der Waals surface area (Å²) in [5.41, 5.74) is -0.397. The molecule has 0 spiro atoms. The molecule has 1 N–H and O–H groups in total. The Bertz CT molecular complexity index is 521. The van der Waals surface area contributed by atoms with Gasteiger partial charge in [-0.05, 0) is 13.0 Å². The Balaban J connectivity index is 2.30. The van der Waals surface area contributed by atoms with Gasteiger partial charge >= 0.3 is 0 Å². The van der Waals surface area contributed by atoms with Gasteiger partial charge < -0.3 is 10.2 Å². The van der Waals surface area contributed by atoms with Crippen LogP contribution in [0.3, 0.4) is 0 Å². The van der Waals surface area contributed by atoms with Crippen LogP contribution < -0.4 is 5.32 Å². The Morgan fingerprint density at radius 1 is 1.53 bits per heavy atom. The third-order valence-corrected chi connectivity index (χ3v) is 3.10. The molecular formula is C12H14FN3O3. The minimum atomic E-state index is -0.777. The summed E-state index contributed by atoms with van der Waals surface area (Å²) in [6.45, 7) is 3.69. The van der Waals surface area contributed by atoms with Crippen molar-refractivity contribution in [2.75, 3.05) is 19.6 Å². The lowest BCUT2D eigenvalue weighted by atomic mass is 10.1. The highest BCUT2D eigenvalue weighted by molar-refractivity contribution is 5.95. The molecule has 1 aliphatic heterocycles. The molecule has 1 atom stereocenters. The lowest BCUT2D eigenvalue weighted by Gasteiger charge is -2.34. The number of nitrogens with zero attached hydrogens (tertiary/aromatic N) is 2. The van der Waals surface area contributed by atoms with Gasteiger partial charge in [0.2, 0.25) is 0 Å². The molecular weight excluding hydrogens is 253 g/mol. The molecule has 1 amide bonds. The number of benzene rings is 1. The fourth-order valence-electron chi connectivity index (χ4n) is 2.11. The van der Waals surface area contributed by atoms with Crippen LogP contribution in [0.2, 0.25) is 0 Å². The number of nitro benzene ring substituents is 1. The number of piperazine rings is 1. The molecule has 0 saturated carbocycles. The summed E-state index contributed by atoms with van der Waals surface area (Å²) < 4.78 is 13.3. The second-order valence-electron chi connectivity index (χ2n) is 4.51. The number of carbonyl (C=O) groups excluding carboxylic acids is 1. The first-order valence-corrected chi connectivity index (χ1v) is 5.95. The average Bonchev–Trinajstić information content (AvgIpc) is 2.37. The Morgan fingerprint density at radius 2 is 2.26 bits per heavy atom. The van der Waals surface area contributed by atoms with Gasteiger partial charge in [-0.1, -0.05) is 0 Å². The Labute approximate surface area is 109 Å². The van der Waals surface area contributed by atoms with E-state index in [1.807, 2.05) is 6.92 Å². The van der Waals surface area contributed by atoms with Crippen LogP contribution in [0.25, 0.3) is 0 Å². The smallest absolute Gasteiger partial charge is 0.273 e. The maximum Gasteiger partial charge on any atom is 0.273 e. The summed E-state index contributed by atoms with van der Waals surface area (Å²) in [5.74, 6) is -1.16. The SMILES string of the molecule is C[C@H]1CNCCN1C(=O)c1cc(F)cc([N+](=O)[O-])c1. The highest BCUT2D eigenvalue weighted by Gasteiger charge is 2.25. The zero-order valence-corrected chi connectivity index (χ0v) is 10.4. The largest absolute Gasteiger partial charge is 0.333 e. The Morgan fingerprint density at radius 3 is 2.89 bits per heavy atom. The molecule has 1 fully saturated rings. The van der Waals surface area contributed by atoms with Gasteiger partial charge in [0.05, 0.1) is 11.0 Å². The van der Waals surface area contributed by atoms with Gasteiger partial charge in [0.25, 0.3) is 11.6 Å². The van der Waals surface area contributed by atoms with Gasteiger partial charge in [-0.3, -0.25) is 14.9 Å². The molecule has 0 radical (unpaired) electrons. The summed E-state index contributed by atoms with van der Waals surface area (Å²) in [6.07, 6.45) is 0. The summed E-state index contributed by atoms with van der Waals surface area (Å²) in [5, 5.41) is 13.8. The number of non-ortho nitro benzene ring substituents is 1. The van der Waals surface area contributed by atoms with Gasteiger partial charge in [-0.2, -0.15) is 0 Å². The first-order chi connectivity index (χ1) is 8.99. The molecule has 0 unspecified atom stereocenters. The number of amides is 1. The van der Waals surface area contributed by atoms with Crippen molar-refractivity contribution in [3.63, 3.8) is 0 Å². The molecule has 1 heterocycles. The fourth-order valence-corrected chi connectivity index (χ4v) is 2.11. The molecule has 0 aromatic heterocycles. The number of nitrogens with one attached hydrogen (secondary N) is 1. The highest BCUT2D eigenvalue weighted by Crippen LogP contribution is 2.19. The van der Waals surface area contributed by atoms with Crippen molar-refractivity contribution < 1.29 is 14.1 Å². The third-order valence-electron chi connectivity index (χ3n) is 3.10. The van der Waals surface area contributed by atoms with Gasteiger partial charge in [-0.25, -0.2) is 4.39 Å². The average molecular weight is 267 g/mol. The zero-order valence-electron chi connectivity index (χ0n) is 10.4. The molecule has 6 nitrogen and oxygen atoms in total. The van der Waals surface area contributed by atoms with E-state index in [0.29, 0.717) is 19.6 Å². The van der Waals surface area contributed by atoms with E-state index in [-0.39, 0.29) is 17.5 Å². The van der Waals surface area contributed by atoms with E-state index in [1.165, 1.54) is 0 Å². The van der Waals surface area contributed by atoms with Crippen molar-refractivity contribution in [2.24, 2.45) is 0 Å². The summed E-state index contributed by atoms with van der Waals surface area (Å²) >= 11 is 0. The number of rotatable bonds is 2. The van der Waals surface area contributed by atoms with Gasteiger partial charge in [-0.15, -0.1) is 0 Å². The minimum Gasteiger partial charge on any atom is -0.333 e. The monoisotopic (exact) mass is 267 g/mol. The Kier molecular flexibility index (Phi) is 3.75. The molecule has 7 heteroatoms. The van der Waals surface area contributed by atoms with Crippen LogP contribution >= 0.6 is 0 Å². The standard InChI is InChI=1S/C12H14FN3O3/c1-8-7-14-2-3-15(8)12(17)9-4-10(13)6-11(5-9)16(18)19/h4-6,8,14H,2-3,7H2,1H3/t8-/m0/s1. The van der Waals surface area contributed by atoms with Gasteiger partial charge in [0.1, 0.15) is 5.82 Å². The van der Waals surface area contributed by atoms with Crippen LogP contribution in [0, 0.1) is 15.9 Å². The quantitative estimate of drug-likeness (QED) is 0.644. The number of hydrogen-bond acceptors (Lipinski definition) is 4. The van der Waals surface area contributed by atoms with Gasteiger partial charge in [0.15, 0.2) is 0 Å². The first-order valence-electron chi connectivity index (χ1n) is 5.95. The van der Waals surface area contributed by atoms with E-state index in [4.69, 9.17) is 0 Å². The van der Waals surface area contributed by atoms with E-state index in [9.17, 15) is 19.3 Å². The van der Waals surface area contributed by atoms with Crippen LogP contribution in [-0.2, 0) is 0 Å². The maximum absolute atomic E-state index is 13.3. The zero-order chi connectivity index (χ0) is 14.0. The number of nitro groups is 1. The normalized spacial score (nSPS) is 19.3. The van der Waals surface area contributed by atoms with Crippen LogP contribution in [0.1, 0.15) is 17.3 Å². The molecule has 19 heavy (non-hydrogen) atoms. The number of carbonyl (C=O) groups is 1. The van der Waals surface area contributed by atoms with Crippen molar-refractivity contribution >= 4 is 11.6 Å². The number of halogens is 1. The van der Waals surface area contributed by atoms with Gasteiger partial charge in [0, 0.05) is 37.3 Å². The molecule has 1 aromatic rings. The first kappa shape index (κ1) is 13.4. The van der Waals surface area contributed by atoms with E-state index in [2.05, 4.69) is 5.32 Å². The summed E-state index contributed by atoms with van der Waals surface area (Å²) in [4.78, 5) is 23.8. The summed E-state index contributed by atoms with van der Waals surface area (Å²) in [7, 11) is 0. The lowest BCUT2D eigenvalue weighted by Crippen LogP contribution is -2.52. The lowest BCUT2D eigenvalue weighted by molar-refractivity contribution is -0.385. The Hall–Kier alpha value is -2.02. The van der Waals surface area contributed by atoms with Crippen LogP contribution in [0.5, 0.6) is 0 Å². The van der Waals surface area contributed by atoms with E-state index >= 15 is 0 Å². The molecule has 0 aliphatic carbocycles. The predicted molar refractivity (Wildman–Crippen MR) is 66.4 cm³/mol. The van der Waals surface area contributed by atoms with Crippen molar-refractivity contribution in [1.29, 1.82) is 0 Å². The second-order valence-corrected chi connectivity index (χ2v) is 4.51. The third kappa shape index (κ3) is 2.87. The molecule has 102 valence electrons. The van der Waals surface area contributed by atoms with Crippen molar-refractivity contribution in [3.8, 4) is 0 Å². The van der Waals surface area contributed by atoms with Crippen LogP contribution in [0.15, 0.2) is 18.2 Å². The van der Waals surface area contributed by atoms with Crippen LogP contribution in [-0.4, -0.2) is 41.4 Å². The van der Waals surface area contributed by atoms with Crippen molar-refractivity contribution in [3.05, 3.63) is 39.7 Å². The summed E-state index contributed by atoms with van der Waals surface area (Å²) in [6, 6.07) is 2.92. The van der Waals surface area contributed by atoms with Crippen molar-refractivity contribution in [2.45, 2.75) is 13.0 Å². The molecule has 1 aromatic carbocycles. The maximum atomic E-state index is 13.3. The highest BCUT2D eigenvalue weighted by atomic mass is 19.1. The molecule has 2 rings (SSSR count). The molecule has 1 aliphatic rings. The fraction of sp³-hybridized carbons (Fsp3) is 0.417. The van der Waals surface area contributed by atoms with Crippen molar-refractivity contribution in [1.82, 2.24) is 10.2 Å². The molecule has 0 bridgehead atoms. The minimum absolute atomic E-state index is 0.0143. The van der Waals surface area contributed by atoms with E-state index in [0.717, 1.165) is 18.2 Å². The topological polar surface area (TPSA) is 75.5 Å². The van der Waals surface area contributed by atoms with E-state index < -0.39 is 16.4 Å². The van der Waals surface area contributed by atoms with E-state index in [1.54, 1.807) is 4.90 Å².